The number of H-pyrrole nitrogens is 1. The number of nitrogens with zero attached hydrogens (tertiary/aromatic N) is 3. The number of aromatic nitrogens is 4. The SMILES string of the molecule is Cc1nn(-c2ccccc2)c(Sc2ncc[nH]2)c1C=O. The lowest BCUT2D eigenvalue weighted by molar-refractivity contribution is 0.112. The number of carbonyl (C=O) groups is 1. The summed E-state index contributed by atoms with van der Waals surface area (Å²) >= 11 is 1.39. The van der Waals surface area contributed by atoms with Crippen molar-refractivity contribution in [3.8, 4) is 5.69 Å². The molecule has 1 N–H and O–H groups in total. The zero-order valence-corrected chi connectivity index (χ0v) is 11.6. The first-order valence-electron chi connectivity index (χ1n) is 6.07. The van der Waals surface area contributed by atoms with E-state index < -0.39 is 0 Å². The van der Waals surface area contributed by atoms with Crippen molar-refractivity contribution in [1.29, 1.82) is 0 Å². The molecule has 0 aliphatic carbocycles. The Morgan fingerprint density at radius 1 is 1.30 bits per heavy atom. The molecule has 1 aromatic carbocycles. The minimum absolute atomic E-state index is 0.593. The van der Waals surface area contributed by atoms with Gasteiger partial charge in [-0.1, -0.05) is 18.2 Å². The van der Waals surface area contributed by atoms with Gasteiger partial charge in [0, 0.05) is 12.4 Å². The Balaban J connectivity index is 2.12. The summed E-state index contributed by atoms with van der Waals surface area (Å²) in [6, 6.07) is 9.73. The summed E-state index contributed by atoms with van der Waals surface area (Å²) in [6.45, 7) is 1.83. The molecular weight excluding hydrogens is 272 g/mol. The normalized spacial score (nSPS) is 10.7. The van der Waals surface area contributed by atoms with E-state index in [0.717, 1.165) is 22.2 Å². The fraction of sp³-hybridized carbons (Fsp3) is 0.0714. The minimum Gasteiger partial charge on any atom is -0.339 e. The van der Waals surface area contributed by atoms with E-state index in [2.05, 4.69) is 15.1 Å². The van der Waals surface area contributed by atoms with Crippen LogP contribution in [0.3, 0.4) is 0 Å². The van der Waals surface area contributed by atoms with E-state index in [1.807, 2.05) is 37.3 Å². The Hall–Kier alpha value is -2.34. The predicted molar refractivity (Wildman–Crippen MR) is 76.4 cm³/mol. The Morgan fingerprint density at radius 2 is 2.10 bits per heavy atom. The molecule has 2 heterocycles. The second-order valence-electron chi connectivity index (χ2n) is 4.17. The third-order valence-electron chi connectivity index (χ3n) is 2.85. The van der Waals surface area contributed by atoms with Gasteiger partial charge in [0.15, 0.2) is 11.4 Å². The number of aldehydes is 1. The number of carbonyl (C=O) groups excluding carboxylic acids is 1. The molecule has 2 aromatic heterocycles. The maximum absolute atomic E-state index is 11.3. The number of aromatic amines is 1. The van der Waals surface area contributed by atoms with Crippen LogP contribution < -0.4 is 0 Å². The van der Waals surface area contributed by atoms with Crippen LogP contribution in [-0.2, 0) is 0 Å². The molecule has 0 radical (unpaired) electrons. The summed E-state index contributed by atoms with van der Waals surface area (Å²) in [5.41, 5.74) is 2.21. The molecule has 0 fully saturated rings. The first-order valence-corrected chi connectivity index (χ1v) is 6.88. The van der Waals surface area contributed by atoms with Crippen LogP contribution in [0.1, 0.15) is 16.1 Å². The predicted octanol–water partition coefficient (Wildman–Crippen LogP) is 2.87. The fourth-order valence-corrected chi connectivity index (χ4v) is 2.86. The second kappa shape index (κ2) is 5.34. The van der Waals surface area contributed by atoms with Crippen molar-refractivity contribution in [2.24, 2.45) is 0 Å². The van der Waals surface area contributed by atoms with Gasteiger partial charge in [-0.25, -0.2) is 9.67 Å². The van der Waals surface area contributed by atoms with E-state index in [1.54, 1.807) is 17.1 Å². The average molecular weight is 284 g/mol. The molecule has 100 valence electrons. The van der Waals surface area contributed by atoms with Gasteiger partial charge in [-0.15, -0.1) is 0 Å². The first kappa shape index (κ1) is 12.7. The van der Waals surface area contributed by atoms with Gasteiger partial charge >= 0.3 is 0 Å². The lowest BCUT2D eigenvalue weighted by Crippen LogP contribution is -1.98. The molecule has 3 aromatic rings. The summed E-state index contributed by atoms with van der Waals surface area (Å²) in [4.78, 5) is 18.5. The van der Waals surface area contributed by atoms with Gasteiger partial charge in [-0.3, -0.25) is 4.79 Å². The van der Waals surface area contributed by atoms with Crippen LogP contribution in [0.2, 0.25) is 0 Å². The average Bonchev–Trinajstić information content (AvgIpc) is 3.08. The van der Waals surface area contributed by atoms with Crippen LogP contribution in [-0.4, -0.2) is 26.0 Å². The molecule has 0 aliphatic rings. The third-order valence-corrected chi connectivity index (χ3v) is 3.85. The number of rotatable bonds is 4. The van der Waals surface area contributed by atoms with Crippen molar-refractivity contribution < 1.29 is 4.79 Å². The van der Waals surface area contributed by atoms with Gasteiger partial charge in [0.2, 0.25) is 0 Å². The molecule has 0 spiro atoms. The van der Waals surface area contributed by atoms with E-state index >= 15 is 0 Å². The highest BCUT2D eigenvalue weighted by atomic mass is 32.2. The van der Waals surface area contributed by atoms with Gasteiger partial charge in [0.05, 0.1) is 16.9 Å². The summed E-state index contributed by atoms with van der Waals surface area (Å²) in [5, 5.41) is 5.94. The molecule has 0 atom stereocenters. The number of benzene rings is 1. The van der Waals surface area contributed by atoms with Gasteiger partial charge in [-0.2, -0.15) is 5.10 Å². The van der Waals surface area contributed by atoms with Crippen molar-refractivity contribution in [2.45, 2.75) is 17.1 Å². The highest BCUT2D eigenvalue weighted by Crippen LogP contribution is 2.31. The van der Waals surface area contributed by atoms with Crippen molar-refractivity contribution in [3.05, 3.63) is 54.0 Å². The quantitative estimate of drug-likeness (QED) is 0.748. The van der Waals surface area contributed by atoms with E-state index in [9.17, 15) is 4.79 Å². The molecule has 0 saturated heterocycles. The Labute approximate surface area is 120 Å². The Morgan fingerprint density at radius 3 is 2.75 bits per heavy atom. The minimum atomic E-state index is 0.593. The van der Waals surface area contributed by atoms with Crippen LogP contribution in [0.15, 0.2) is 52.9 Å². The molecule has 0 saturated carbocycles. The smallest absolute Gasteiger partial charge is 0.171 e. The molecule has 0 bridgehead atoms. The van der Waals surface area contributed by atoms with Gasteiger partial charge in [-0.05, 0) is 30.8 Å². The Kier molecular flexibility index (Phi) is 3.39. The standard InChI is InChI=1S/C14H12N4OS/c1-10-12(9-19)13(20-14-15-7-8-16-14)18(17-10)11-5-3-2-4-6-11/h2-9H,1H3,(H,15,16). The first-order chi connectivity index (χ1) is 9.79. The second-order valence-corrected chi connectivity index (χ2v) is 5.14. The lowest BCUT2D eigenvalue weighted by atomic mass is 10.3. The van der Waals surface area contributed by atoms with Crippen LogP contribution in [0.5, 0.6) is 0 Å². The molecule has 3 rings (SSSR count). The summed E-state index contributed by atoms with van der Waals surface area (Å²) < 4.78 is 1.77. The van der Waals surface area contributed by atoms with Crippen LogP contribution in [0.4, 0.5) is 0 Å². The molecule has 0 aliphatic heterocycles. The van der Waals surface area contributed by atoms with E-state index in [4.69, 9.17) is 0 Å². The van der Waals surface area contributed by atoms with Gasteiger partial charge in [0.25, 0.3) is 0 Å². The lowest BCUT2D eigenvalue weighted by Gasteiger charge is -2.06. The summed E-state index contributed by atoms with van der Waals surface area (Å²) in [6.07, 6.45) is 4.27. The molecule has 5 nitrogen and oxygen atoms in total. The van der Waals surface area contributed by atoms with E-state index in [1.165, 1.54) is 11.8 Å². The number of para-hydroxylation sites is 1. The number of aryl methyl sites for hydroxylation is 1. The number of nitrogens with one attached hydrogen (secondary N) is 1. The monoisotopic (exact) mass is 284 g/mol. The highest BCUT2D eigenvalue weighted by Gasteiger charge is 2.17. The summed E-state index contributed by atoms with van der Waals surface area (Å²) in [7, 11) is 0. The maximum Gasteiger partial charge on any atom is 0.171 e. The molecule has 20 heavy (non-hydrogen) atoms. The zero-order valence-electron chi connectivity index (χ0n) is 10.8. The van der Waals surface area contributed by atoms with Crippen LogP contribution in [0.25, 0.3) is 5.69 Å². The fourth-order valence-electron chi connectivity index (χ4n) is 1.89. The van der Waals surface area contributed by atoms with Gasteiger partial charge in [0.1, 0.15) is 5.03 Å². The highest BCUT2D eigenvalue weighted by molar-refractivity contribution is 7.99. The number of hydrogen-bond acceptors (Lipinski definition) is 4. The summed E-state index contributed by atoms with van der Waals surface area (Å²) in [5.74, 6) is 0. The van der Waals surface area contributed by atoms with E-state index in [-0.39, 0.29) is 0 Å². The van der Waals surface area contributed by atoms with Crippen LogP contribution in [0, 0.1) is 6.92 Å². The number of hydrogen-bond donors (Lipinski definition) is 1. The third kappa shape index (κ3) is 2.25. The largest absolute Gasteiger partial charge is 0.339 e. The number of imidazole rings is 1. The van der Waals surface area contributed by atoms with Crippen molar-refractivity contribution in [2.75, 3.05) is 0 Å². The topological polar surface area (TPSA) is 63.6 Å². The molecular formula is C14H12N4OS. The van der Waals surface area contributed by atoms with Crippen molar-refractivity contribution in [3.63, 3.8) is 0 Å². The zero-order chi connectivity index (χ0) is 13.9. The van der Waals surface area contributed by atoms with Crippen molar-refractivity contribution >= 4 is 18.0 Å². The van der Waals surface area contributed by atoms with Crippen LogP contribution >= 0.6 is 11.8 Å². The molecule has 0 unspecified atom stereocenters. The molecule has 0 amide bonds. The van der Waals surface area contributed by atoms with E-state index in [0.29, 0.717) is 11.3 Å². The van der Waals surface area contributed by atoms with Crippen molar-refractivity contribution in [1.82, 2.24) is 19.7 Å². The van der Waals surface area contributed by atoms with Gasteiger partial charge < -0.3 is 4.98 Å². The Bertz CT molecular complexity index is 719. The maximum atomic E-state index is 11.3. The molecule has 6 heteroatoms.